The Bertz CT molecular complexity index is 433. The standard InChI is InChI=1S/C14H24N4O2/c1-5-18(6-2)9-7-8-15-12-10-11(3)16-13(17-12)14(19)20-4/h10H,5-9H2,1-4H3,(H,15,16,17). The molecule has 1 heterocycles. The van der Waals surface area contributed by atoms with Crippen molar-refractivity contribution in [3.63, 3.8) is 0 Å². The van der Waals surface area contributed by atoms with E-state index in [1.54, 1.807) is 0 Å². The first-order valence-electron chi connectivity index (χ1n) is 7.00. The molecule has 0 amide bonds. The van der Waals surface area contributed by atoms with Crippen LogP contribution in [0.3, 0.4) is 0 Å². The van der Waals surface area contributed by atoms with Crippen LogP contribution in [0.25, 0.3) is 0 Å². The van der Waals surface area contributed by atoms with Gasteiger partial charge in [-0.2, -0.15) is 0 Å². The van der Waals surface area contributed by atoms with Gasteiger partial charge in [-0.3, -0.25) is 0 Å². The van der Waals surface area contributed by atoms with Crippen LogP contribution in [0.1, 0.15) is 36.6 Å². The van der Waals surface area contributed by atoms with Gasteiger partial charge in [0.15, 0.2) is 0 Å². The average Bonchev–Trinajstić information content (AvgIpc) is 2.46. The number of rotatable bonds is 8. The van der Waals surface area contributed by atoms with Crippen molar-refractivity contribution in [2.24, 2.45) is 0 Å². The van der Waals surface area contributed by atoms with Crippen LogP contribution < -0.4 is 5.32 Å². The summed E-state index contributed by atoms with van der Waals surface area (Å²) in [6, 6.07) is 1.82. The highest BCUT2D eigenvalue weighted by Crippen LogP contribution is 2.07. The summed E-state index contributed by atoms with van der Waals surface area (Å²) in [6.07, 6.45) is 1.03. The van der Waals surface area contributed by atoms with Gasteiger partial charge in [0.2, 0.25) is 5.82 Å². The van der Waals surface area contributed by atoms with Gasteiger partial charge in [0.1, 0.15) is 5.82 Å². The molecular weight excluding hydrogens is 256 g/mol. The summed E-state index contributed by atoms with van der Waals surface area (Å²) < 4.78 is 4.63. The number of ether oxygens (including phenoxy) is 1. The summed E-state index contributed by atoms with van der Waals surface area (Å²) in [4.78, 5) is 22.0. The highest BCUT2D eigenvalue weighted by molar-refractivity contribution is 5.85. The van der Waals surface area contributed by atoms with E-state index in [-0.39, 0.29) is 5.82 Å². The molecule has 0 aliphatic heterocycles. The zero-order chi connectivity index (χ0) is 15.0. The predicted octanol–water partition coefficient (Wildman–Crippen LogP) is 1.72. The number of hydrogen-bond donors (Lipinski definition) is 1. The number of esters is 1. The summed E-state index contributed by atoms with van der Waals surface area (Å²) in [7, 11) is 1.32. The third-order valence-electron chi connectivity index (χ3n) is 3.07. The molecule has 1 N–H and O–H groups in total. The number of carbonyl (C=O) groups excluding carboxylic acids is 1. The Morgan fingerprint density at radius 3 is 2.65 bits per heavy atom. The first-order chi connectivity index (χ1) is 9.60. The van der Waals surface area contributed by atoms with Crippen LogP contribution in [0, 0.1) is 6.92 Å². The van der Waals surface area contributed by atoms with Gasteiger partial charge in [-0.05, 0) is 33.0 Å². The number of nitrogens with one attached hydrogen (secondary N) is 1. The number of aromatic nitrogens is 2. The molecule has 6 heteroatoms. The molecule has 0 saturated carbocycles. The summed E-state index contributed by atoms with van der Waals surface area (Å²) in [5.41, 5.74) is 0.742. The number of carbonyl (C=O) groups is 1. The van der Waals surface area contributed by atoms with Crippen LogP contribution in [0.5, 0.6) is 0 Å². The lowest BCUT2D eigenvalue weighted by atomic mass is 10.3. The quantitative estimate of drug-likeness (QED) is 0.577. The molecular formula is C14H24N4O2. The molecule has 0 aliphatic rings. The van der Waals surface area contributed by atoms with Crippen LogP contribution in [-0.4, -0.2) is 54.1 Å². The van der Waals surface area contributed by atoms with E-state index in [9.17, 15) is 4.79 Å². The fourth-order valence-corrected chi connectivity index (χ4v) is 1.90. The second-order valence-corrected chi connectivity index (χ2v) is 4.52. The maximum atomic E-state index is 11.4. The van der Waals surface area contributed by atoms with Gasteiger partial charge in [0, 0.05) is 18.3 Å². The molecule has 6 nitrogen and oxygen atoms in total. The fourth-order valence-electron chi connectivity index (χ4n) is 1.90. The maximum Gasteiger partial charge on any atom is 0.376 e. The van der Waals surface area contributed by atoms with E-state index in [0.29, 0.717) is 5.82 Å². The van der Waals surface area contributed by atoms with E-state index in [1.165, 1.54) is 7.11 Å². The Balaban J connectivity index is 2.51. The van der Waals surface area contributed by atoms with E-state index in [2.05, 4.69) is 38.8 Å². The first-order valence-corrected chi connectivity index (χ1v) is 7.00. The van der Waals surface area contributed by atoms with Gasteiger partial charge >= 0.3 is 5.97 Å². The zero-order valence-electron chi connectivity index (χ0n) is 12.8. The second kappa shape index (κ2) is 8.47. The SMILES string of the molecule is CCN(CC)CCCNc1cc(C)nc(C(=O)OC)n1. The summed E-state index contributed by atoms with van der Waals surface area (Å²) in [5.74, 6) is 0.246. The van der Waals surface area contributed by atoms with Gasteiger partial charge in [0.25, 0.3) is 0 Å². The average molecular weight is 280 g/mol. The molecule has 0 aromatic carbocycles. The molecule has 1 aromatic heterocycles. The van der Waals surface area contributed by atoms with Crippen molar-refractivity contribution in [1.82, 2.24) is 14.9 Å². The number of hydrogen-bond acceptors (Lipinski definition) is 6. The lowest BCUT2D eigenvalue weighted by molar-refractivity contribution is 0.0586. The lowest BCUT2D eigenvalue weighted by Gasteiger charge is -2.17. The highest BCUT2D eigenvalue weighted by Gasteiger charge is 2.11. The highest BCUT2D eigenvalue weighted by atomic mass is 16.5. The molecule has 20 heavy (non-hydrogen) atoms. The monoisotopic (exact) mass is 280 g/mol. The maximum absolute atomic E-state index is 11.4. The Kier molecular flexibility index (Phi) is 6.93. The largest absolute Gasteiger partial charge is 0.463 e. The van der Waals surface area contributed by atoms with Gasteiger partial charge in [-0.25, -0.2) is 14.8 Å². The van der Waals surface area contributed by atoms with Crippen molar-refractivity contribution in [3.8, 4) is 0 Å². The number of aryl methyl sites for hydroxylation is 1. The molecule has 0 bridgehead atoms. The molecule has 112 valence electrons. The molecule has 0 spiro atoms. The van der Waals surface area contributed by atoms with Gasteiger partial charge in [0.05, 0.1) is 7.11 Å². The zero-order valence-corrected chi connectivity index (χ0v) is 12.8. The topological polar surface area (TPSA) is 67.4 Å². The minimum Gasteiger partial charge on any atom is -0.463 e. The van der Waals surface area contributed by atoms with Gasteiger partial charge < -0.3 is 15.0 Å². The normalized spacial score (nSPS) is 10.7. The molecule has 0 saturated heterocycles. The predicted molar refractivity (Wildman–Crippen MR) is 79.0 cm³/mol. The van der Waals surface area contributed by atoms with E-state index >= 15 is 0 Å². The Morgan fingerprint density at radius 2 is 2.05 bits per heavy atom. The molecule has 0 fully saturated rings. The molecule has 1 rings (SSSR count). The summed E-state index contributed by atoms with van der Waals surface area (Å²) in [6.45, 7) is 10.1. The van der Waals surface area contributed by atoms with Gasteiger partial charge in [-0.15, -0.1) is 0 Å². The van der Waals surface area contributed by atoms with Crippen molar-refractivity contribution >= 4 is 11.8 Å². The Morgan fingerprint density at radius 1 is 1.35 bits per heavy atom. The van der Waals surface area contributed by atoms with Crippen LogP contribution in [0.2, 0.25) is 0 Å². The first kappa shape index (κ1) is 16.4. The fraction of sp³-hybridized carbons (Fsp3) is 0.643. The van der Waals surface area contributed by atoms with Crippen LogP contribution >= 0.6 is 0 Å². The van der Waals surface area contributed by atoms with Crippen LogP contribution in [0.4, 0.5) is 5.82 Å². The van der Waals surface area contributed by atoms with E-state index in [0.717, 1.165) is 38.3 Å². The Hall–Kier alpha value is -1.69. The molecule has 1 aromatic rings. The van der Waals surface area contributed by atoms with Crippen molar-refractivity contribution in [2.45, 2.75) is 27.2 Å². The van der Waals surface area contributed by atoms with Crippen LogP contribution in [0.15, 0.2) is 6.07 Å². The molecule has 0 unspecified atom stereocenters. The second-order valence-electron chi connectivity index (χ2n) is 4.52. The summed E-state index contributed by atoms with van der Waals surface area (Å²) in [5, 5.41) is 3.22. The minimum atomic E-state index is -0.514. The van der Waals surface area contributed by atoms with Crippen LogP contribution in [-0.2, 0) is 4.74 Å². The number of nitrogens with zero attached hydrogens (tertiary/aromatic N) is 3. The Labute approximate surface area is 120 Å². The summed E-state index contributed by atoms with van der Waals surface area (Å²) >= 11 is 0. The van der Waals surface area contributed by atoms with Crippen molar-refractivity contribution in [2.75, 3.05) is 38.6 Å². The van der Waals surface area contributed by atoms with Crippen molar-refractivity contribution < 1.29 is 9.53 Å². The van der Waals surface area contributed by atoms with E-state index in [4.69, 9.17) is 0 Å². The van der Waals surface area contributed by atoms with Crippen molar-refractivity contribution in [3.05, 3.63) is 17.6 Å². The molecule has 0 radical (unpaired) electrons. The van der Waals surface area contributed by atoms with Crippen molar-refractivity contribution in [1.29, 1.82) is 0 Å². The lowest BCUT2D eigenvalue weighted by Crippen LogP contribution is -2.25. The van der Waals surface area contributed by atoms with E-state index in [1.807, 2.05) is 13.0 Å². The molecule has 0 atom stereocenters. The molecule has 0 aliphatic carbocycles. The van der Waals surface area contributed by atoms with E-state index < -0.39 is 5.97 Å². The smallest absolute Gasteiger partial charge is 0.376 e. The number of methoxy groups -OCH3 is 1. The van der Waals surface area contributed by atoms with Gasteiger partial charge in [-0.1, -0.05) is 13.8 Å². The minimum absolute atomic E-state index is 0.0961. The third kappa shape index (κ3) is 5.13. The number of anilines is 1. The third-order valence-corrected chi connectivity index (χ3v) is 3.07.